The first-order chi connectivity index (χ1) is 8.61. The van der Waals surface area contributed by atoms with Gasteiger partial charge in [-0.15, -0.1) is 0 Å². The molecule has 0 fully saturated rings. The molecule has 2 aromatic rings. The molecular formula is C13H16BrN3O. The SMILES string of the molecule is Cc1cc(COc2c(Br)cccc2CN)n(C)n1. The summed E-state index contributed by atoms with van der Waals surface area (Å²) < 4.78 is 8.60. The maximum Gasteiger partial charge on any atom is 0.138 e. The third-order valence-electron chi connectivity index (χ3n) is 2.73. The lowest BCUT2D eigenvalue weighted by molar-refractivity contribution is 0.290. The van der Waals surface area contributed by atoms with Crippen LogP contribution in [-0.2, 0) is 20.2 Å². The molecule has 1 aromatic heterocycles. The van der Waals surface area contributed by atoms with Gasteiger partial charge in [0.15, 0.2) is 0 Å². The van der Waals surface area contributed by atoms with Crippen molar-refractivity contribution in [1.29, 1.82) is 0 Å². The second kappa shape index (κ2) is 5.54. The van der Waals surface area contributed by atoms with Gasteiger partial charge in [0.2, 0.25) is 0 Å². The van der Waals surface area contributed by atoms with E-state index in [0.717, 1.165) is 27.2 Å². The Bertz CT molecular complexity index is 551. The number of hydrogen-bond acceptors (Lipinski definition) is 3. The van der Waals surface area contributed by atoms with Crippen molar-refractivity contribution in [3.8, 4) is 5.75 Å². The molecule has 0 radical (unpaired) electrons. The monoisotopic (exact) mass is 309 g/mol. The number of aromatic nitrogens is 2. The second-order valence-corrected chi connectivity index (χ2v) is 4.98. The van der Waals surface area contributed by atoms with Crippen LogP contribution in [0.5, 0.6) is 5.75 Å². The molecule has 5 heteroatoms. The summed E-state index contributed by atoms with van der Waals surface area (Å²) in [5.74, 6) is 0.804. The molecule has 18 heavy (non-hydrogen) atoms. The topological polar surface area (TPSA) is 53.1 Å². The van der Waals surface area contributed by atoms with Gasteiger partial charge in [-0.1, -0.05) is 12.1 Å². The molecule has 0 unspecified atom stereocenters. The maximum absolute atomic E-state index is 5.85. The first-order valence-corrected chi connectivity index (χ1v) is 6.51. The molecule has 2 rings (SSSR count). The lowest BCUT2D eigenvalue weighted by Gasteiger charge is -2.12. The predicted octanol–water partition coefficient (Wildman–Crippen LogP) is 2.53. The minimum Gasteiger partial charge on any atom is -0.486 e. The van der Waals surface area contributed by atoms with Crippen molar-refractivity contribution in [2.45, 2.75) is 20.1 Å². The van der Waals surface area contributed by atoms with Crippen LogP contribution < -0.4 is 10.5 Å². The number of rotatable bonds is 4. The molecule has 0 saturated heterocycles. The molecule has 0 aliphatic carbocycles. The van der Waals surface area contributed by atoms with Gasteiger partial charge in [-0.25, -0.2) is 0 Å². The average Bonchev–Trinajstić information content (AvgIpc) is 2.66. The van der Waals surface area contributed by atoms with Crippen LogP contribution in [-0.4, -0.2) is 9.78 Å². The minimum atomic E-state index is 0.458. The number of hydrogen-bond donors (Lipinski definition) is 1. The number of aryl methyl sites for hydroxylation is 2. The van der Waals surface area contributed by atoms with Crippen LogP contribution >= 0.6 is 15.9 Å². The molecule has 96 valence electrons. The van der Waals surface area contributed by atoms with Gasteiger partial charge in [0.25, 0.3) is 0 Å². The molecule has 2 N–H and O–H groups in total. The first kappa shape index (κ1) is 13.1. The number of nitrogens with two attached hydrogens (primary N) is 1. The highest BCUT2D eigenvalue weighted by molar-refractivity contribution is 9.10. The zero-order chi connectivity index (χ0) is 13.1. The second-order valence-electron chi connectivity index (χ2n) is 4.12. The van der Waals surface area contributed by atoms with Gasteiger partial charge in [0, 0.05) is 19.2 Å². The Balaban J connectivity index is 2.17. The highest BCUT2D eigenvalue weighted by atomic mass is 79.9. The summed E-state index contributed by atoms with van der Waals surface area (Å²) in [5.41, 5.74) is 8.72. The van der Waals surface area contributed by atoms with Gasteiger partial charge in [0.05, 0.1) is 15.9 Å². The van der Waals surface area contributed by atoms with Crippen molar-refractivity contribution in [3.05, 3.63) is 45.7 Å². The van der Waals surface area contributed by atoms with Crippen LogP contribution in [0, 0.1) is 6.92 Å². The number of halogens is 1. The zero-order valence-corrected chi connectivity index (χ0v) is 12.1. The van der Waals surface area contributed by atoms with Gasteiger partial charge < -0.3 is 10.5 Å². The summed E-state index contributed by atoms with van der Waals surface area (Å²) in [6.07, 6.45) is 0. The lowest BCUT2D eigenvalue weighted by atomic mass is 10.2. The van der Waals surface area contributed by atoms with Crippen molar-refractivity contribution >= 4 is 15.9 Å². The summed E-state index contributed by atoms with van der Waals surface area (Å²) in [7, 11) is 1.91. The van der Waals surface area contributed by atoms with E-state index in [-0.39, 0.29) is 0 Å². The third-order valence-corrected chi connectivity index (χ3v) is 3.36. The Kier molecular flexibility index (Phi) is 4.04. The molecule has 0 aliphatic heterocycles. The van der Waals surface area contributed by atoms with E-state index in [1.165, 1.54) is 0 Å². The van der Waals surface area contributed by atoms with Crippen LogP contribution in [0.25, 0.3) is 0 Å². The molecular weight excluding hydrogens is 294 g/mol. The molecule has 0 amide bonds. The number of ether oxygens (including phenoxy) is 1. The Morgan fingerprint density at radius 3 is 2.83 bits per heavy atom. The third kappa shape index (κ3) is 2.73. The Morgan fingerprint density at radius 2 is 2.22 bits per heavy atom. The number of para-hydroxylation sites is 1. The van der Waals surface area contributed by atoms with E-state index in [2.05, 4.69) is 21.0 Å². The summed E-state index contributed by atoms with van der Waals surface area (Å²) in [5, 5.41) is 4.29. The van der Waals surface area contributed by atoms with Gasteiger partial charge in [-0.3, -0.25) is 4.68 Å². The fourth-order valence-corrected chi connectivity index (χ4v) is 2.34. The summed E-state index contributed by atoms with van der Waals surface area (Å²) in [4.78, 5) is 0. The average molecular weight is 310 g/mol. The molecule has 0 saturated carbocycles. The normalized spacial score (nSPS) is 10.7. The molecule has 1 heterocycles. The van der Waals surface area contributed by atoms with E-state index >= 15 is 0 Å². The maximum atomic E-state index is 5.85. The van der Waals surface area contributed by atoms with E-state index in [1.807, 2.05) is 42.9 Å². The first-order valence-electron chi connectivity index (χ1n) is 5.71. The van der Waals surface area contributed by atoms with Crippen LogP contribution in [0.3, 0.4) is 0 Å². The van der Waals surface area contributed by atoms with E-state index in [1.54, 1.807) is 0 Å². The van der Waals surface area contributed by atoms with Gasteiger partial charge in [-0.2, -0.15) is 5.10 Å². The minimum absolute atomic E-state index is 0.458. The summed E-state index contributed by atoms with van der Waals surface area (Å²) in [6, 6.07) is 7.88. The smallest absolute Gasteiger partial charge is 0.138 e. The zero-order valence-electron chi connectivity index (χ0n) is 10.5. The Labute approximate surface area is 115 Å². The molecule has 4 nitrogen and oxygen atoms in total. The van der Waals surface area contributed by atoms with Crippen LogP contribution in [0.2, 0.25) is 0 Å². The highest BCUT2D eigenvalue weighted by Crippen LogP contribution is 2.29. The highest BCUT2D eigenvalue weighted by Gasteiger charge is 2.09. The molecule has 0 bridgehead atoms. The van der Waals surface area contributed by atoms with Crippen molar-refractivity contribution in [2.75, 3.05) is 0 Å². The summed E-state index contributed by atoms with van der Waals surface area (Å²) >= 11 is 3.48. The van der Waals surface area contributed by atoms with Crippen molar-refractivity contribution in [3.63, 3.8) is 0 Å². The van der Waals surface area contributed by atoms with E-state index in [4.69, 9.17) is 10.5 Å². The van der Waals surface area contributed by atoms with Crippen molar-refractivity contribution in [1.82, 2.24) is 9.78 Å². The molecule has 0 spiro atoms. The van der Waals surface area contributed by atoms with E-state index in [0.29, 0.717) is 13.2 Å². The van der Waals surface area contributed by atoms with Gasteiger partial charge >= 0.3 is 0 Å². The van der Waals surface area contributed by atoms with Crippen LogP contribution in [0.15, 0.2) is 28.7 Å². The Hall–Kier alpha value is -1.33. The quantitative estimate of drug-likeness (QED) is 0.944. The largest absolute Gasteiger partial charge is 0.486 e. The molecule has 1 aromatic carbocycles. The molecule has 0 aliphatic rings. The van der Waals surface area contributed by atoms with Crippen molar-refractivity contribution < 1.29 is 4.74 Å². The summed E-state index contributed by atoms with van der Waals surface area (Å²) in [6.45, 7) is 2.90. The van der Waals surface area contributed by atoms with E-state index in [9.17, 15) is 0 Å². The molecule has 0 atom stereocenters. The van der Waals surface area contributed by atoms with Crippen molar-refractivity contribution in [2.24, 2.45) is 12.8 Å². The standard InChI is InChI=1S/C13H16BrN3O/c1-9-6-11(17(2)16-9)8-18-13-10(7-15)4-3-5-12(13)14/h3-6H,7-8,15H2,1-2H3. The Morgan fingerprint density at radius 1 is 1.44 bits per heavy atom. The van der Waals surface area contributed by atoms with Gasteiger partial charge in [0.1, 0.15) is 12.4 Å². The van der Waals surface area contributed by atoms with Crippen LogP contribution in [0.1, 0.15) is 17.0 Å². The number of nitrogens with zero attached hydrogens (tertiary/aromatic N) is 2. The lowest BCUT2D eigenvalue weighted by Crippen LogP contribution is -2.06. The number of benzene rings is 1. The fourth-order valence-electron chi connectivity index (χ4n) is 1.82. The van der Waals surface area contributed by atoms with Crippen LogP contribution in [0.4, 0.5) is 0 Å². The van der Waals surface area contributed by atoms with Gasteiger partial charge in [-0.05, 0) is 35.0 Å². The van der Waals surface area contributed by atoms with E-state index < -0.39 is 0 Å². The predicted molar refractivity (Wildman–Crippen MR) is 74.3 cm³/mol. The fraction of sp³-hybridized carbons (Fsp3) is 0.308.